The van der Waals surface area contributed by atoms with Crippen molar-refractivity contribution in [3.63, 3.8) is 0 Å². The number of fused-ring (bicyclic) bond motifs is 1. The Hall–Kier alpha value is -3.88. The van der Waals surface area contributed by atoms with Crippen LogP contribution >= 0.6 is 22.9 Å². The van der Waals surface area contributed by atoms with Crippen molar-refractivity contribution in [1.82, 2.24) is 4.57 Å². The number of thiazole rings is 1. The summed E-state index contributed by atoms with van der Waals surface area (Å²) in [5.41, 5.74) is 3.08. The number of benzene rings is 2. The van der Waals surface area contributed by atoms with Gasteiger partial charge in [0.15, 0.2) is 4.80 Å². The Kier molecular flexibility index (Phi) is 7.83. The molecule has 4 aromatic rings. The average Bonchev–Trinajstić information content (AvgIpc) is 3.49. The fourth-order valence-electron chi connectivity index (χ4n) is 4.72. The first-order valence-electron chi connectivity index (χ1n) is 13.0. The third-order valence-corrected chi connectivity index (χ3v) is 7.68. The maximum absolute atomic E-state index is 14.0. The number of nitrogens with zero attached hydrogens (tertiary/aromatic N) is 2. The topological polar surface area (TPSA) is 83.0 Å². The van der Waals surface area contributed by atoms with E-state index in [0.717, 1.165) is 11.1 Å². The van der Waals surface area contributed by atoms with E-state index >= 15 is 0 Å². The number of esters is 1. The molecule has 0 unspecified atom stereocenters. The van der Waals surface area contributed by atoms with Crippen molar-refractivity contribution in [2.45, 2.75) is 46.8 Å². The number of furan rings is 1. The summed E-state index contributed by atoms with van der Waals surface area (Å²) in [6, 6.07) is 15.9. The summed E-state index contributed by atoms with van der Waals surface area (Å²) in [6.07, 6.45) is 1.59. The first-order chi connectivity index (χ1) is 19.2. The molecule has 0 radical (unpaired) electrons. The van der Waals surface area contributed by atoms with Gasteiger partial charge in [-0.15, -0.1) is 0 Å². The average molecular weight is 577 g/mol. The number of para-hydroxylation sites is 1. The van der Waals surface area contributed by atoms with Crippen molar-refractivity contribution in [1.29, 1.82) is 0 Å². The normalized spacial score (nSPS) is 15.3. The highest BCUT2D eigenvalue weighted by Gasteiger charge is 2.35. The van der Waals surface area contributed by atoms with Gasteiger partial charge in [-0.05, 0) is 70.5 Å². The molecule has 1 aliphatic rings. The van der Waals surface area contributed by atoms with Gasteiger partial charge in [-0.2, -0.15) is 0 Å². The van der Waals surface area contributed by atoms with E-state index in [2.05, 4.69) is 4.99 Å². The van der Waals surface area contributed by atoms with E-state index in [9.17, 15) is 9.59 Å². The van der Waals surface area contributed by atoms with Crippen LogP contribution in [-0.4, -0.2) is 23.2 Å². The van der Waals surface area contributed by atoms with Crippen LogP contribution in [0.5, 0.6) is 5.75 Å². The van der Waals surface area contributed by atoms with Crippen LogP contribution in [0.4, 0.5) is 0 Å². The first-order valence-corrected chi connectivity index (χ1v) is 14.2. The second kappa shape index (κ2) is 11.3. The molecule has 2 aromatic carbocycles. The predicted octanol–water partition coefficient (Wildman–Crippen LogP) is 5.81. The molecule has 7 nitrogen and oxygen atoms in total. The smallest absolute Gasteiger partial charge is 0.338 e. The number of allylic oxidation sites excluding steroid dienone is 1. The molecule has 3 heterocycles. The van der Waals surface area contributed by atoms with Crippen LogP contribution in [0.3, 0.4) is 0 Å². The van der Waals surface area contributed by atoms with Crippen LogP contribution in [0.25, 0.3) is 17.4 Å². The molecule has 0 saturated carbocycles. The molecule has 0 spiro atoms. The van der Waals surface area contributed by atoms with Gasteiger partial charge in [-0.3, -0.25) is 9.36 Å². The fourth-order valence-corrected chi connectivity index (χ4v) is 5.92. The highest BCUT2D eigenvalue weighted by molar-refractivity contribution is 7.07. The minimum absolute atomic E-state index is 0.107. The maximum Gasteiger partial charge on any atom is 0.338 e. The second-order valence-electron chi connectivity index (χ2n) is 9.67. The van der Waals surface area contributed by atoms with Crippen molar-refractivity contribution in [2.24, 2.45) is 4.99 Å². The SMILES string of the molecule is CCOC(=O)C1=C(C)N=c2s/c(=C\c3ccc(-c4cc(Cl)ccc4C)o3)c(=O)n2[C@@H]1c1ccccc1OC(C)C. The summed E-state index contributed by atoms with van der Waals surface area (Å²) in [5, 5.41) is 0.612. The lowest BCUT2D eigenvalue weighted by atomic mass is 9.95. The summed E-state index contributed by atoms with van der Waals surface area (Å²) < 4.78 is 19.6. The molecular formula is C31H29ClN2O5S. The van der Waals surface area contributed by atoms with E-state index in [1.807, 2.05) is 75.4 Å². The molecule has 0 bridgehead atoms. The van der Waals surface area contributed by atoms with Crippen LogP contribution in [0, 0.1) is 6.92 Å². The number of carbonyl (C=O) groups is 1. The van der Waals surface area contributed by atoms with Gasteiger partial charge in [-0.1, -0.05) is 47.2 Å². The molecule has 206 valence electrons. The van der Waals surface area contributed by atoms with Crippen molar-refractivity contribution in [3.05, 3.63) is 107 Å². The second-order valence-corrected chi connectivity index (χ2v) is 11.1. The number of rotatable bonds is 7. The van der Waals surface area contributed by atoms with E-state index in [4.69, 9.17) is 25.5 Å². The minimum Gasteiger partial charge on any atom is -0.491 e. The van der Waals surface area contributed by atoms with Crippen molar-refractivity contribution < 1.29 is 18.7 Å². The molecule has 40 heavy (non-hydrogen) atoms. The zero-order valence-electron chi connectivity index (χ0n) is 22.9. The molecule has 9 heteroatoms. The van der Waals surface area contributed by atoms with Crippen LogP contribution in [0.15, 0.2) is 80.1 Å². The molecule has 1 atom stereocenters. The molecule has 0 fully saturated rings. The summed E-state index contributed by atoms with van der Waals surface area (Å²) >= 11 is 7.44. The quantitative estimate of drug-likeness (QED) is 0.259. The van der Waals surface area contributed by atoms with Crippen molar-refractivity contribution in [2.75, 3.05) is 6.61 Å². The number of halogens is 1. The van der Waals surface area contributed by atoms with E-state index in [1.54, 1.807) is 24.5 Å². The summed E-state index contributed by atoms with van der Waals surface area (Å²) in [6.45, 7) is 9.54. The Labute approximate surface area is 240 Å². The van der Waals surface area contributed by atoms with E-state index in [-0.39, 0.29) is 18.3 Å². The zero-order valence-corrected chi connectivity index (χ0v) is 24.4. The third-order valence-electron chi connectivity index (χ3n) is 6.46. The molecule has 1 aliphatic heterocycles. The standard InChI is InChI=1S/C31H29ClN2O5S/c1-6-37-30(36)27-19(5)33-31-34(28(27)22-9-7-8-10-24(22)38-17(2)3)29(35)26(40-31)16-21-13-14-25(39-21)23-15-20(32)12-11-18(23)4/h7-17,28H,6H2,1-5H3/b26-16-/t28-/m1/s1. The maximum atomic E-state index is 14.0. The Bertz CT molecular complexity index is 1810. The van der Waals surface area contributed by atoms with Gasteiger partial charge in [0.2, 0.25) is 0 Å². The summed E-state index contributed by atoms with van der Waals surface area (Å²) in [4.78, 5) is 32.3. The molecule has 0 amide bonds. The lowest BCUT2D eigenvalue weighted by Crippen LogP contribution is -2.40. The van der Waals surface area contributed by atoms with Gasteiger partial charge >= 0.3 is 5.97 Å². The van der Waals surface area contributed by atoms with Gasteiger partial charge in [0.1, 0.15) is 23.3 Å². The number of ether oxygens (including phenoxy) is 2. The third kappa shape index (κ3) is 5.29. The Morgan fingerprint density at radius 2 is 1.95 bits per heavy atom. The van der Waals surface area contributed by atoms with E-state index in [0.29, 0.717) is 48.5 Å². The van der Waals surface area contributed by atoms with Gasteiger partial charge in [0.05, 0.1) is 28.5 Å². The zero-order chi connectivity index (χ0) is 28.6. The molecule has 0 saturated heterocycles. The number of carbonyl (C=O) groups excluding carboxylic acids is 1. The van der Waals surface area contributed by atoms with Gasteiger partial charge < -0.3 is 13.9 Å². The summed E-state index contributed by atoms with van der Waals surface area (Å²) in [7, 11) is 0. The molecule has 5 rings (SSSR count). The molecular weight excluding hydrogens is 548 g/mol. The predicted molar refractivity (Wildman–Crippen MR) is 156 cm³/mol. The van der Waals surface area contributed by atoms with Crippen LogP contribution in [0.2, 0.25) is 5.02 Å². The Morgan fingerprint density at radius 1 is 1.18 bits per heavy atom. The lowest BCUT2D eigenvalue weighted by molar-refractivity contribution is -0.139. The Morgan fingerprint density at radius 3 is 2.70 bits per heavy atom. The van der Waals surface area contributed by atoms with Gasteiger partial charge in [0, 0.05) is 22.2 Å². The number of aryl methyl sites for hydroxylation is 1. The molecule has 0 aliphatic carbocycles. The molecule has 2 aromatic heterocycles. The largest absolute Gasteiger partial charge is 0.491 e. The monoisotopic (exact) mass is 576 g/mol. The summed E-state index contributed by atoms with van der Waals surface area (Å²) in [5.74, 6) is 1.23. The van der Waals surface area contributed by atoms with Crippen LogP contribution in [-0.2, 0) is 9.53 Å². The van der Waals surface area contributed by atoms with Gasteiger partial charge in [0.25, 0.3) is 5.56 Å². The fraction of sp³-hybridized carbons (Fsp3) is 0.258. The highest BCUT2D eigenvalue weighted by atomic mass is 35.5. The van der Waals surface area contributed by atoms with Crippen LogP contribution in [0.1, 0.15) is 50.6 Å². The number of aromatic nitrogens is 1. The number of hydrogen-bond donors (Lipinski definition) is 0. The van der Waals surface area contributed by atoms with Crippen molar-refractivity contribution >= 4 is 35.0 Å². The van der Waals surface area contributed by atoms with E-state index in [1.165, 1.54) is 11.3 Å². The molecule has 0 N–H and O–H groups in total. The first kappa shape index (κ1) is 27.7. The minimum atomic E-state index is -0.770. The highest BCUT2D eigenvalue weighted by Crippen LogP contribution is 2.36. The lowest BCUT2D eigenvalue weighted by Gasteiger charge is -2.26. The number of hydrogen-bond acceptors (Lipinski definition) is 7. The van der Waals surface area contributed by atoms with E-state index < -0.39 is 12.0 Å². The van der Waals surface area contributed by atoms with Crippen LogP contribution < -0.4 is 19.6 Å². The Balaban J connectivity index is 1.67. The van der Waals surface area contributed by atoms with Gasteiger partial charge in [-0.25, -0.2) is 9.79 Å². The van der Waals surface area contributed by atoms with Crippen molar-refractivity contribution in [3.8, 4) is 17.1 Å².